The smallest absolute Gasteiger partial charge is 0.248 e. The van der Waals surface area contributed by atoms with Crippen LogP contribution in [-0.2, 0) is 4.79 Å². The lowest BCUT2D eigenvalue weighted by molar-refractivity contribution is -0.133. The fourth-order valence-corrected chi connectivity index (χ4v) is 1.56. The van der Waals surface area contributed by atoms with Crippen LogP contribution in [-0.4, -0.2) is 33.0 Å². The molecule has 13 heavy (non-hydrogen) atoms. The molecule has 0 fully saturated rings. The number of rotatable bonds is 5. The third-order valence-corrected chi connectivity index (χ3v) is 2.39. The van der Waals surface area contributed by atoms with Crippen molar-refractivity contribution in [2.45, 2.75) is 19.8 Å². The molecule has 0 radical (unpaired) electrons. The predicted octanol–water partition coefficient (Wildman–Crippen LogP) is 0.276. The van der Waals surface area contributed by atoms with Crippen molar-refractivity contribution in [1.82, 2.24) is 3.71 Å². The average Bonchev–Trinajstić information content (AvgIpc) is 2.03. The highest BCUT2D eigenvalue weighted by atomic mass is 32.2. The third-order valence-electron chi connectivity index (χ3n) is 2.03. The van der Waals surface area contributed by atoms with Gasteiger partial charge in [-0.3, -0.25) is 4.79 Å². The number of nitrogens with zero attached hydrogens (tertiary/aromatic N) is 1. The summed E-state index contributed by atoms with van der Waals surface area (Å²) in [5.74, 6) is -0.317. The van der Waals surface area contributed by atoms with Gasteiger partial charge in [0.05, 0.1) is 5.41 Å². The molecule has 0 aliphatic rings. The monoisotopic (exact) mass is 225 g/mol. The SMILES string of the molecule is CC(CCO)(CCO)C(=O)N(S)S. The molecular weight excluding hydrogens is 210 g/mol. The predicted molar refractivity (Wildman–Crippen MR) is 56.3 cm³/mol. The number of aliphatic hydroxyl groups excluding tert-OH is 2. The Kier molecular flexibility index (Phi) is 5.78. The Bertz CT molecular complexity index is 169. The molecule has 0 rings (SSSR count). The Hall–Kier alpha value is 0.0900. The molecule has 4 nitrogen and oxygen atoms in total. The standard InChI is InChI=1S/C7H15NO3S2/c1-7(2-4-9,3-5-10)6(11)8(12)13/h9-10,12-13H,2-5H2,1H3. The summed E-state index contributed by atoms with van der Waals surface area (Å²) >= 11 is 7.51. The quantitative estimate of drug-likeness (QED) is 0.508. The summed E-state index contributed by atoms with van der Waals surface area (Å²) in [6, 6.07) is 0. The van der Waals surface area contributed by atoms with E-state index < -0.39 is 5.41 Å². The number of amides is 1. The van der Waals surface area contributed by atoms with Gasteiger partial charge in [0.2, 0.25) is 5.91 Å². The van der Waals surface area contributed by atoms with Gasteiger partial charge < -0.3 is 10.2 Å². The lowest BCUT2D eigenvalue weighted by Gasteiger charge is -2.28. The van der Waals surface area contributed by atoms with E-state index in [0.717, 1.165) is 3.71 Å². The first-order chi connectivity index (χ1) is 5.98. The van der Waals surface area contributed by atoms with Crippen LogP contribution >= 0.6 is 25.6 Å². The van der Waals surface area contributed by atoms with Gasteiger partial charge in [-0.15, -0.1) is 0 Å². The molecule has 0 saturated heterocycles. The highest BCUT2D eigenvalue weighted by molar-refractivity contribution is 7.94. The van der Waals surface area contributed by atoms with E-state index in [1.165, 1.54) is 0 Å². The van der Waals surface area contributed by atoms with Gasteiger partial charge in [-0.25, -0.2) is 3.71 Å². The fraction of sp³-hybridized carbons (Fsp3) is 0.857. The van der Waals surface area contributed by atoms with Crippen molar-refractivity contribution in [3.63, 3.8) is 0 Å². The maximum atomic E-state index is 11.5. The molecule has 0 saturated carbocycles. The second-order valence-corrected chi connectivity index (χ2v) is 4.22. The van der Waals surface area contributed by atoms with E-state index in [9.17, 15) is 4.79 Å². The largest absolute Gasteiger partial charge is 0.396 e. The summed E-state index contributed by atoms with van der Waals surface area (Å²) in [6.07, 6.45) is 0.591. The highest BCUT2D eigenvalue weighted by Crippen LogP contribution is 2.29. The van der Waals surface area contributed by atoms with Gasteiger partial charge in [0.25, 0.3) is 0 Å². The molecule has 1 amide bonds. The summed E-state index contributed by atoms with van der Waals surface area (Å²) < 4.78 is 0.880. The van der Waals surface area contributed by atoms with Gasteiger partial charge in [-0.1, -0.05) is 32.6 Å². The zero-order valence-corrected chi connectivity index (χ0v) is 9.26. The van der Waals surface area contributed by atoms with E-state index in [1.807, 2.05) is 0 Å². The Balaban J connectivity index is 4.46. The number of hydrogen-bond acceptors (Lipinski definition) is 5. The van der Waals surface area contributed by atoms with Crippen LogP contribution in [0.1, 0.15) is 19.8 Å². The molecule has 0 aliphatic carbocycles. The minimum Gasteiger partial charge on any atom is -0.396 e. The van der Waals surface area contributed by atoms with Gasteiger partial charge in [0.15, 0.2) is 0 Å². The van der Waals surface area contributed by atoms with Crippen LogP contribution < -0.4 is 0 Å². The molecule has 0 spiro atoms. The molecule has 0 bridgehead atoms. The zero-order valence-electron chi connectivity index (χ0n) is 7.47. The van der Waals surface area contributed by atoms with E-state index >= 15 is 0 Å². The lowest BCUT2D eigenvalue weighted by Crippen LogP contribution is -2.35. The van der Waals surface area contributed by atoms with E-state index in [-0.39, 0.29) is 19.1 Å². The van der Waals surface area contributed by atoms with Crippen LogP contribution in [0.15, 0.2) is 0 Å². The normalized spacial score (nSPS) is 11.5. The van der Waals surface area contributed by atoms with Crippen LogP contribution in [0.25, 0.3) is 0 Å². The highest BCUT2D eigenvalue weighted by Gasteiger charge is 2.34. The molecule has 2 N–H and O–H groups in total. The van der Waals surface area contributed by atoms with E-state index in [1.54, 1.807) is 6.92 Å². The van der Waals surface area contributed by atoms with Gasteiger partial charge in [0, 0.05) is 13.2 Å². The van der Waals surface area contributed by atoms with Crippen molar-refractivity contribution in [3.8, 4) is 0 Å². The van der Waals surface area contributed by atoms with Crippen molar-refractivity contribution in [2.24, 2.45) is 5.41 Å². The van der Waals surface area contributed by atoms with Gasteiger partial charge in [0.1, 0.15) is 0 Å². The van der Waals surface area contributed by atoms with E-state index in [2.05, 4.69) is 25.6 Å². The van der Waals surface area contributed by atoms with E-state index in [0.29, 0.717) is 12.8 Å². The molecule has 78 valence electrons. The zero-order chi connectivity index (χ0) is 10.5. The fourth-order valence-electron chi connectivity index (χ4n) is 1.07. The molecule has 0 aromatic carbocycles. The van der Waals surface area contributed by atoms with Crippen molar-refractivity contribution < 1.29 is 15.0 Å². The number of thiol groups is 2. The number of carbonyl (C=O) groups is 1. The lowest BCUT2D eigenvalue weighted by atomic mass is 9.83. The molecule has 0 aromatic heterocycles. The van der Waals surface area contributed by atoms with Crippen molar-refractivity contribution >= 4 is 31.5 Å². The van der Waals surface area contributed by atoms with Crippen LogP contribution in [0.4, 0.5) is 0 Å². The Labute approximate surface area is 89.0 Å². The summed E-state index contributed by atoms with van der Waals surface area (Å²) in [4.78, 5) is 11.5. The maximum Gasteiger partial charge on any atom is 0.248 e. The molecule has 0 aliphatic heterocycles. The molecular formula is C7H15NO3S2. The number of carbonyl (C=O) groups excluding carboxylic acids is 1. The Morgan fingerprint density at radius 3 is 1.92 bits per heavy atom. The summed E-state index contributed by atoms with van der Waals surface area (Å²) in [6.45, 7) is 1.47. The van der Waals surface area contributed by atoms with E-state index in [4.69, 9.17) is 10.2 Å². The first-order valence-corrected chi connectivity index (χ1v) is 4.72. The number of aliphatic hydroxyl groups is 2. The van der Waals surface area contributed by atoms with Crippen molar-refractivity contribution in [1.29, 1.82) is 0 Å². The molecule has 0 atom stereocenters. The third kappa shape index (κ3) is 3.76. The van der Waals surface area contributed by atoms with Crippen LogP contribution in [0, 0.1) is 5.41 Å². The Morgan fingerprint density at radius 2 is 1.69 bits per heavy atom. The van der Waals surface area contributed by atoms with Crippen LogP contribution in [0.2, 0.25) is 0 Å². The first kappa shape index (κ1) is 13.1. The van der Waals surface area contributed by atoms with Gasteiger partial charge in [-0.05, 0) is 12.8 Å². The van der Waals surface area contributed by atoms with Crippen LogP contribution in [0.5, 0.6) is 0 Å². The van der Waals surface area contributed by atoms with Gasteiger partial charge in [-0.2, -0.15) is 0 Å². The summed E-state index contributed by atoms with van der Waals surface area (Å²) in [5, 5.41) is 17.5. The molecule has 0 heterocycles. The summed E-state index contributed by atoms with van der Waals surface area (Å²) in [7, 11) is 0. The van der Waals surface area contributed by atoms with Crippen LogP contribution in [0.3, 0.4) is 0 Å². The maximum absolute atomic E-state index is 11.5. The second-order valence-electron chi connectivity index (χ2n) is 3.10. The molecule has 0 unspecified atom stereocenters. The number of hydrogen-bond donors (Lipinski definition) is 4. The van der Waals surface area contributed by atoms with Crippen molar-refractivity contribution in [3.05, 3.63) is 0 Å². The first-order valence-electron chi connectivity index (χ1n) is 3.92. The molecule has 0 aromatic rings. The van der Waals surface area contributed by atoms with Crippen molar-refractivity contribution in [2.75, 3.05) is 13.2 Å². The minimum absolute atomic E-state index is 0.0996. The average molecular weight is 225 g/mol. The second kappa shape index (κ2) is 5.74. The van der Waals surface area contributed by atoms with Gasteiger partial charge >= 0.3 is 0 Å². The Morgan fingerprint density at radius 1 is 1.31 bits per heavy atom. The summed E-state index contributed by atoms with van der Waals surface area (Å²) in [5.41, 5.74) is -0.785. The minimum atomic E-state index is -0.785. The molecule has 6 heteroatoms. The topological polar surface area (TPSA) is 60.8 Å².